The third kappa shape index (κ3) is 4.68. The Hall–Kier alpha value is -3.41. The smallest absolute Gasteiger partial charge is 0.253 e. The second-order valence-corrected chi connectivity index (χ2v) is 8.43. The highest BCUT2D eigenvalue weighted by molar-refractivity contribution is 6.05. The minimum absolute atomic E-state index is 0.0439. The Bertz CT molecular complexity index is 1060. The zero-order valence-electron chi connectivity index (χ0n) is 18.0. The van der Waals surface area contributed by atoms with Gasteiger partial charge in [0.1, 0.15) is 5.84 Å². The summed E-state index contributed by atoms with van der Waals surface area (Å²) in [6, 6.07) is 13.7. The quantitative estimate of drug-likeness (QED) is 0.793. The molecule has 0 radical (unpaired) electrons. The number of nitrogens with one attached hydrogen (secondary N) is 1. The van der Waals surface area contributed by atoms with Crippen molar-refractivity contribution in [1.82, 2.24) is 10.2 Å². The van der Waals surface area contributed by atoms with E-state index in [1.54, 1.807) is 0 Å². The Labute approximate surface area is 182 Å². The number of amides is 2. The van der Waals surface area contributed by atoms with E-state index in [1.165, 1.54) is 0 Å². The lowest BCUT2D eigenvalue weighted by Gasteiger charge is -2.15. The molecule has 3 N–H and O–H groups in total. The first kappa shape index (κ1) is 20.8. The number of hydrogen-bond donors (Lipinski definition) is 2. The minimum atomic E-state index is -0.129. The monoisotopic (exact) mass is 416 g/mol. The molecule has 2 aromatic rings. The van der Waals surface area contributed by atoms with Gasteiger partial charge in [0.25, 0.3) is 5.91 Å². The van der Waals surface area contributed by atoms with Crippen LogP contribution in [0.15, 0.2) is 53.0 Å². The fraction of sp³-hybridized carbons (Fsp3) is 0.320. The molecule has 160 valence electrons. The minimum Gasteiger partial charge on any atom is -0.387 e. The summed E-state index contributed by atoms with van der Waals surface area (Å²) in [4.78, 5) is 31.5. The summed E-state index contributed by atoms with van der Waals surface area (Å²) in [7, 11) is 0. The highest BCUT2D eigenvalue weighted by atomic mass is 16.2. The van der Waals surface area contributed by atoms with Crippen LogP contribution in [0.4, 0.5) is 5.69 Å². The zero-order chi connectivity index (χ0) is 22.0. The summed E-state index contributed by atoms with van der Waals surface area (Å²) in [5.41, 5.74) is 10.9. The number of carbonyl (C=O) groups is 2. The van der Waals surface area contributed by atoms with Crippen LogP contribution in [0, 0.1) is 0 Å². The van der Waals surface area contributed by atoms with Gasteiger partial charge in [0, 0.05) is 42.3 Å². The maximum absolute atomic E-state index is 12.6. The third-order valence-electron chi connectivity index (χ3n) is 5.56. The molecule has 0 saturated carbocycles. The molecular formula is C25H28N4O2. The van der Waals surface area contributed by atoms with Crippen molar-refractivity contribution in [2.45, 2.75) is 39.2 Å². The molecule has 0 atom stereocenters. The van der Waals surface area contributed by atoms with E-state index in [2.05, 4.69) is 10.3 Å². The van der Waals surface area contributed by atoms with Gasteiger partial charge < -0.3 is 16.0 Å². The van der Waals surface area contributed by atoms with Gasteiger partial charge in [-0.25, -0.2) is 4.99 Å². The fourth-order valence-electron chi connectivity index (χ4n) is 3.99. The number of hydrogen-bond acceptors (Lipinski definition) is 4. The van der Waals surface area contributed by atoms with Crippen LogP contribution in [0.25, 0.3) is 17.2 Å². The predicted molar refractivity (Wildman–Crippen MR) is 124 cm³/mol. The average molecular weight is 417 g/mol. The molecule has 2 heterocycles. The molecular weight excluding hydrogens is 388 g/mol. The first-order valence-corrected chi connectivity index (χ1v) is 10.8. The highest BCUT2D eigenvalue weighted by Gasteiger charge is 2.20. The van der Waals surface area contributed by atoms with Gasteiger partial charge in [0.05, 0.1) is 5.69 Å². The Balaban J connectivity index is 1.62. The van der Waals surface area contributed by atoms with E-state index in [0.29, 0.717) is 23.4 Å². The van der Waals surface area contributed by atoms with Crippen molar-refractivity contribution in [2.24, 2.45) is 10.7 Å². The molecule has 2 aliphatic heterocycles. The Morgan fingerprint density at radius 2 is 1.71 bits per heavy atom. The maximum Gasteiger partial charge on any atom is 0.253 e. The van der Waals surface area contributed by atoms with E-state index in [-0.39, 0.29) is 17.9 Å². The summed E-state index contributed by atoms with van der Waals surface area (Å²) in [6.07, 6.45) is 4.34. The number of nitrogens with zero attached hydrogens (tertiary/aromatic N) is 2. The zero-order valence-corrected chi connectivity index (χ0v) is 18.0. The van der Waals surface area contributed by atoms with E-state index in [0.717, 1.165) is 48.3 Å². The number of benzene rings is 2. The van der Waals surface area contributed by atoms with Gasteiger partial charge >= 0.3 is 0 Å². The number of nitrogens with two attached hydrogens (primary N) is 1. The maximum atomic E-state index is 12.6. The van der Waals surface area contributed by atoms with Gasteiger partial charge in [-0.1, -0.05) is 18.2 Å². The number of fused-ring (bicyclic) bond motifs is 1. The molecule has 2 aliphatic rings. The van der Waals surface area contributed by atoms with Gasteiger partial charge in [0.15, 0.2) is 0 Å². The van der Waals surface area contributed by atoms with Crippen LogP contribution in [0.2, 0.25) is 0 Å². The largest absolute Gasteiger partial charge is 0.387 e. The molecule has 0 bridgehead atoms. The van der Waals surface area contributed by atoms with Crippen molar-refractivity contribution < 1.29 is 9.59 Å². The van der Waals surface area contributed by atoms with Crippen molar-refractivity contribution in [2.75, 3.05) is 13.1 Å². The number of amidine groups is 1. The fourth-order valence-corrected chi connectivity index (χ4v) is 3.99. The van der Waals surface area contributed by atoms with Crippen LogP contribution in [-0.4, -0.2) is 41.7 Å². The van der Waals surface area contributed by atoms with Crippen molar-refractivity contribution in [3.63, 3.8) is 0 Å². The van der Waals surface area contributed by atoms with E-state index >= 15 is 0 Å². The van der Waals surface area contributed by atoms with Gasteiger partial charge in [-0.05, 0) is 68.2 Å². The molecule has 0 spiro atoms. The van der Waals surface area contributed by atoms with E-state index in [4.69, 9.17) is 5.73 Å². The van der Waals surface area contributed by atoms with Crippen LogP contribution in [0.5, 0.6) is 0 Å². The first-order chi connectivity index (χ1) is 14.9. The van der Waals surface area contributed by atoms with Gasteiger partial charge in [0.2, 0.25) is 5.91 Å². The van der Waals surface area contributed by atoms with Crippen molar-refractivity contribution in [1.29, 1.82) is 0 Å². The van der Waals surface area contributed by atoms with Crippen LogP contribution >= 0.6 is 0 Å². The topological polar surface area (TPSA) is 87.8 Å². The van der Waals surface area contributed by atoms with E-state index in [1.807, 2.05) is 67.3 Å². The normalized spacial score (nSPS) is 15.8. The second kappa shape index (κ2) is 8.76. The summed E-state index contributed by atoms with van der Waals surface area (Å²) in [5.74, 6) is 0.386. The highest BCUT2D eigenvalue weighted by Crippen LogP contribution is 2.31. The standard InChI is InChI=1S/C25H28N4O2/c1-16(2)27-24(30)21-14-20-13-19(9-10-22(20)28-23(26)15-21)17-5-7-18(8-6-17)25(31)29-11-3-4-12-29/h5-10,13-14,16H,3-4,11-12,15H2,1-2H3,(H2,26,28)(H,27,30). The van der Waals surface area contributed by atoms with Crippen molar-refractivity contribution in [3.05, 3.63) is 59.2 Å². The summed E-state index contributed by atoms with van der Waals surface area (Å²) < 4.78 is 0. The molecule has 31 heavy (non-hydrogen) atoms. The summed E-state index contributed by atoms with van der Waals surface area (Å²) >= 11 is 0. The first-order valence-electron chi connectivity index (χ1n) is 10.8. The summed E-state index contributed by atoms with van der Waals surface area (Å²) in [5, 5.41) is 2.92. The van der Waals surface area contributed by atoms with Gasteiger partial charge in [-0.3, -0.25) is 9.59 Å². The lowest BCUT2D eigenvalue weighted by Crippen LogP contribution is -2.32. The van der Waals surface area contributed by atoms with E-state index < -0.39 is 0 Å². The van der Waals surface area contributed by atoms with Crippen molar-refractivity contribution in [3.8, 4) is 11.1 Å². The molecule has 2 aromatic carbocycles. The van der Waals surface area contributed by atoms with Crippen LogP contribution in [0.3, 0.4) is 0 Å². The molecule has 0 aliphatic carbocycles. The predicted octanol–water partition coefficient (Wildman–Crippen LogP) is 3.89. The number of carbonyl (C=O) groups excluding carboxylic acids is 2. The lowest BCUT2D eigenvalue weighted by molar-refractivity contribution is -0.117. The van der Waals surface area contributed by atoms with Crippen LogP contribution in [0.1, 0.15) is 49.0 Å². The molecule has 0 aromatic heterocycles. The Morgan fingerprint density at radius 3 is 2.39 bits per heavy atom. The van der Waals surface area contributed by atoms with Crippen LogP contribution in [-0.2, 0) is 4.79 Å². The number of aliphatic imine (C=N–C) groups is 1. The molecule has 1 saturated heterocycles. The number of likely N-dealkylation sites (tertiary alicyclic amines) is 1. The van der Waals surface area contributed by atoms with Crippen LogP contribution < -0.4 is 11.1 Å². The number of rotatable bonds is 4. The van der Waals surface area contributed by atoms with E-state index in [9.17, 15) is 9.59 Å². The Kier molecular flexibility index (Phi) is 5.89. The van der Waals surface area contributed by atoms with Gasteiger partial charge in [-0.15, -0.1) is 0 Å². The van der Waals surface area contributed by atoms with Crippen molar-refractivity contribution >= 4 is 29.4 Å². The molecule has 2 amide bonds. The molecule has 6 nitrogen and oxygen atoms in total. The molecule has 4 rings (SSSR count). The molecule has 0 unspecified atom stereocenters. The molecule has 1 fully saturated rings. The van der Waals surface area contributed by atoms with Gasteiger partial charge in [-0.2, -0.15) is 0 Å². The summed E-state index contributed by atoms with van der Waals surface area (Å²) in [6.45, 7) is 5.54. The Morgan fingerprint density at radius 1 is 1.03 bits per heavy atom. The second-order valence-electron chi connectivity index (χ2n) is 8.43. The average Bonchev–Trinajstić information content (AvgIpc) is 3.22. The third-order valence-corrected chi connectivity index (χ3v) is 5.56. The lowest BCUT2D eigenvalue weighted by atomic mass is 9.99. The molecule has 6 heteroatoms. The SMILES string of the molecule is CC(C)NC(=O)C1=Cc2cc(-c3ccc(C(=O)N4CCCC4)cc3)ccc2N=C(N)C1.